The van der Waals surface area contributed by atoms with E-state index >= 15 is 0 Å². The van der Waals surface area contributed by atoms with E-state index in [0.29, 0.717) is 17.1 Å². The quantitative estimate of drug-likeness (QED) is 0.505. The molecule has 0 bridgehead atoms. The van der Waals surface area contributed by atoms with Crippen molar-refractivity contribution in [3.63, 3.8) is 0 Å². The molecule has 9 nitrogen and oxygen atoms in total. The highest BCUT2D eigenvalue weighted by atomic mass is 16.5. The van der Waals surface area contributed by atoms with Crippen LogP contribution in [0, 0.1) is 6.92 Å². The van der Waals surface area contributed by atoms with E-state index in [1.165, 1.54) is 24.2 Å². The number of aryl methyl sites for hydroxylation is 1. The molecule has 0 unspecified atom stereocenters. The van der Waals surface area contributed by atoms with Gasteiger partial charge in [-0.3, -0.25) is 4.79 Å². The van der Waals surface area contributed by atoms with Crippen LogP contribution in [0.2, 0.25) is 0 Å². The Morgan fingerprint density at radius 3 is 2.93 bits per heavy atom. The van der Waals surface area contributed by atoms with Crippen LogP contribution < -0.4 is 10.2 Å². The van der Waals surface area contributed by atoms with E-state index in [4.69, 9.17) is 4.74 Å². The van der Waals surface area contributed by atoms with E-state index in [-0.39, 0.29) is 12.3 Å². The van der Waals surface area contributed by atoms with Crippen LogP contribution >= 0.6 is 0 Å². The van der Waals surface area contributed by atoms with Crippen molar-refractivity contribution in [1.82, 2.24) is 25.6 Å². The van der Waals surface area contributed by atoms with Crippen LogP contribution in [-0.2, 0) is 11.3 Å². The number of ether oxygens (including phenoxy) is 1. The number of rotatable bonds is 6. The summed E-state index contributed by atoms with van der Waals surface area (Å²) < 4.78 is 5.01. The summed E-state index contributed by atoms with van der Waals surface area (Å²) in [5.74, 6) is 0.410. The molecule has 0 aliphatic heterocycles. The Kier molecular flexibility index (Phi) is 5.41. The summed E-state index contributed by atoms with van der Waals surface area (Å²) >= 11 is 0. The number of hydrogen-bond acceptors (Lipinski definition) is 7. The maximum absolute atomic E-state index is 12.0. The number of tetrazole rings is 1. The topological polar surface area (TPSA) is 115 Å². The summed E-state index contributed by atoms with van der Waals surface area (Å²) in [5, 5.41) is 25.5. The Balaban J connectivity index is 1.59. The second-order valence-electron chi connectivity index (χ2n) is 5.68. The van der Waals surface area contributed by atoms with Gasteiger partial charge in [0.25, 0.3) is 5.91 Å². The highest BCUT2D eigenvalue weighted by molar-refractivity contribution is 5.83. The highest BCUT2D eigenvalue weighted by Gasteiger charge is 2.10. The van der Waals surface area contributed by atoms with Crippen molar-refractivity contribution in [2.24, 2.45) is 5.10 Å². The van der Waals surface area contributed by atoms with Gasteiger partial charge in [-0.15, -0.1) is 10.2 Å². The molecule has 9 heteroatoms. The third-order valence-corrected chi connectivity index (χ3v) is 3.73. The van der Waals surface area contributed by atoms with Crippen molar-refractivity contribution >= 4 is 12.1 Å². The minimum atomic E-state index is -0.397. The van der Waals surface area contributed by atoms with Crippen LogP contribution in [0.25, 0.3) is 11.4 Å². The number of carbonyl (C=O) groups excluding carboxylic acids is 1. The first-order chi connectivity index (χ1) is 13.1. The van der Waals surface area contributed by atoms with Crippen LogP contribution in [0.15, 0.2) is 47.6 Å². The van der Waals surface area contributed by atoms with Crippen molar-refractivity contribution in [3.05, 3.63) is 53.6 Å². The first-order valence-corrected chi connectivity index (χ1v) is 8.09. The van der Waals surface area contributed by atoms with Crippen LogP contribution in [0.1, 0.15) is 11.1 Å². The number of benzene rings is 2. The van der Waals surface area contributed by atoms with Crippen molar-refractivity contribution in [2.75, 3.05) is 7.11 Å². The standard InChI is InChI=1S/C18H18N6O3/c1-12-5-3-4-6-14(12)18-21-23-24(22-18)11-17(26)20-19-10-13-7-8-15(25)16(9-13)27-2/h3-10,25H,11H2,1-2H3,(H,20,26)/b19-10-. The minimum absolute atomic E-state index is 0.0281. The fourth-order valence-electron chi connectivity index (χ4n) is 2.36. The number of methoxy groups -OCH3 is 1. The number of hydrogen-bond donors (Lipinski definition) is 2. The number of carbonyl (C=O) groups is 1. The van der Waals surface area contributed by atoms with Gasteiger partial charge in [-0.25, -0.2) is 5.43 Å². The summed E-state index contributed by atoms with van der Waals surface area (Å²) in [4.78, 5) is 13.2. The number of aromatic hydroxyl groups is 1. The van der Waals surface area contributed by atoms with E-state index in [0.717, 1.165) is 11.1 Å². The second kappa shape index (κ2) is 8.09. The van der Waals surface area contributed by atoms with Gasteiger partial charge in [-0.1, -0.05) is 24.3 Å². The van der Waals surface area contributed by atoms with E-state index in [9.17, 15) is 9.90 Å². The van der Waals surface area contributed by atoms with Gasteiger partial charge < -0.3 is 9.84 Å². The lowest BCUT2D eigenvalue weighted by Gasteiger charge is -2.03. The van der Waals surface area contributed by atoms with Gasteiger partial charge in [-0.2, -0.15) is 9.90 Å². The van der Waals surface area contributed by atoms with Gasteiger partial charge in [-0.05, 0) is 41.5 Å². The zero-order valence-electron chi connectivity index (χ0n) is 14.8. The number of phenolic OH excluding ortho intramolecular Hbond substituents is 1. The van der Waals surface area contributed by atoms with E-state index in [1.807, 2.05) is 31.2 Å². The van der Waals surface area contributed by atoms with E-state index in [1.54, 1.807) is 12.1 Å². The molecule has 0 atom stereocenters. The lowest BCUT2D eigenvalue weighted by atomic mass is 10.1. The molecule has 0 radical (unpaired) electrons. The van der Waals surface area contributed by atoms with Gasteiger partial charge in [0.15, 0.2) is 11.5 Å². The predicted molar refractivity (Wildman–Crippen MR) is 98.4 cm³/mol. The molecule has 2 aromatic carbocycles. The molecule has 138 valence electrons. The fraction of sp³-hybridized carbons (Fsp3) is 0.167. The number of nitrogens with zero attached hydrogens (tertiary/aromatic N) is 5. The number of hydrazone groups is 1. The lowest BCUT2D eigenvalue weighted by Crippen LogP contribution is -2.24. The monoisotopic (exact) mass is 366 g/mol. The second-order valence-corrected chi connectivity index (χ2v) is 5.68. The van der Waals surface area contributed by atoms with E-state index < -0.39 is 5.91 Å². The van der Waals surface area contributed by atoms with Crippen molar-refractivity contribution in [2.45, 2.75) is 13.5 Å². The fourth-order valence-corrected chi connectivity index (χ4v) is 2.36. The molecule has 3 rings (SSSR count). The Bertz CT molecular complexity index is 983. The largest absolute Gasteiger partial charge is 0.504 e. The first kappa shape index (κ1) is 18.1. The third kappa shape index (κ3) is 4.46. The maximum atomic E-state index is 12.0. The molecular weight excluding hydrogens is 348 g/mol. The van der Waals surface area contributed by atoms with Crippen LogP contribution in [0.3, 0.4) is 0 Å². The van der Waals surface area contributed by atoms with Gasteiger partial charge in [0.1, 0.15) is 6.54 Å². The number of aromatic nitrogens is 4. The van der Waals surface area contributed by atoms with Gasteiger partial charge in [0.2, 0.25) is 5.82 Å². The molecule has 0 saturated carbocycles. The molecule has 0 aliphatic carbocycles. The summed E-state index contributed by atoms with van der Waals surface area (Å²) in [6, 6.07) is 12.4. The molecular formula is C18H18N6O3. The molecule has 3 aromatic rings. The van der Waals surface area contributed by atoms with Crippen LogP contribution in [0.4, 0.5) is 0 Å². The summed E-state index contributed by atoms with van der Waals surface area (Å²) in [6.45, 7) is 1.84. The first-order valence-electron chi connectivity index (χ1n) is 8.09. The molecule has 1 amide bonds. The summed E-state index contributed by atoms with van der Waals surface area (Å²) in [5.41, 5.74) is 4.94. The van der Waals surface area contributed by atoms with Crippen LogP contribution in [0.5, 0.6) is 11.5 Å². The number of amides is 1. The van der Waals surface area contributed by atoms with Gasteiger partial charge in [0, 0.05) is 5.56 Å². The Hall–Kier alpha value is -3.75. The van der Waals surface area contributed by atoms with Gasteiger partial charge >= 0.3 is 0 Å². The lowest BCUT2D eigenvalue weighted by molar-refractivity contribution is -0.122. The average molecular weight is 366 g/mol. The molecule has 2 N–H and O–H groups in total. The van der Waals surface area contributed by atoms with Crippen molar-refractivity contribution in [1.29, 1.82) is 0 Å². The molecule has 1 aromatic heterocycles. The normalized spacial score (nSPS) is 10.9. The molecule has 27 heavy (non-hydrogen) atoms. The maximum Gasteiger partial charge on any atom is 0.263 e. The predicted octanol–water partition coefficient (Wildman–Crippen LogP) is 1.51. The molecule has 1 heterocycles. The van der Waals surface area contributed by atoms with E-state index in [2.05, 4.69) is 25.9 Å². The molecule has 0 aliphatic rings. The Labute approximate surface area is 155 Å². The van der Waals surface area contributed by atoms with Crippen molar-refractivity contribution in [3.8, 4) is 22.9 Å². The molecule has 0 spiro atoms. The Morgan fingerprint density at radius 2 is 2.15 bits per heavy atom. The van der Waals surface area contributed by atoms with Crippen LogP contribution in [-0.4, -0.2) is 44.5 Å². The van der Waals surface area contributed by atoms with Gasteiger partial charge in [0.05, 0.1) is 13.3 Å². The summed E-state index contributed by atoms with van der Waals surface area (Å²) in [6.07, 6.45) is 1.44. The zero-order valence-corrected chi connectivity index (χ0v) is 14.8. The van der Waals surface area contributed by atoms with Crippen molar-refractivity contribution < 1.29 is 14.6 Å². The highest BCUT2D eigenvalue weighted by Crippen LogP contribution is 2.25. The average Bonchev–Trinajstić information content (AvgIpc) is 3.11. The third-order valence-electron chi connectivity index (χ3n) is 3.73. The molecule has 0 saturated heterocycles. The summed E-state index contributed by atoms with van der Waals surface area (Å²) in [7, 11) is 1.45. The molecule has 0 fully saturated rings. The SMILES string of the molecule is COc1cc(/C=N\NC(=O)Cn2nnc(-c3ccccc3C)n2)ccc1O. The number of nitrogens with one attached hydrogen (secondary N) is 1. The number of phenols is 1. The zero-order chi connectivity index (χ0) is 19.2. The Morgan fingerprint density at radius 1 is 1.33 bits per heavy atom. The minimum Gasteiger partial charge on any atom is -0.504 e. The smallest absolute Gasteiger partial charge is 0.263 e.